The highest BCUT2D eigenvalue weighted by Gasteiger charge is 2.18. The molecule has 7 heteroatoms. The van der Waals surface area contributed by atoms with Crippen LogP contribution in [-0.2, 0) is 17.3 Å². The molecule has 1 amide bonds. The Hall–Kier alpha value is -1.37. The lowest BCUT2D eigenvalue weighted by Crippen LogP contribution is -2.28. The Morgan fingerprint density at radius 1 is 1.56 bits per heavy atom. The number of aryl methyl sites for hydroxylation is 2. The maximum Gasteiger partial charge on any atom is 0.271 e. The highest BCUT2D eigenvalue weighted by molar-refractivity contribution is 7.84. The van der Waals surface area contributed by atoms with Crippen LogP contribution in [0, 0.1) is 6.92 Å². The Morgan fingerprint density at radius 2 is 2.22 bits per heavy atom. The van der Waals surface area contributed by atoms with Crippen LogP contribution >= 0.6 is 0 Å². The van der Waals surface area contributed by atoms with Gasteiger partial charge in [0.05, 0.1) is 11.4 Å². The van der Waals surface area contributed by atoms with Gasteiger partial charge in [0.1, 0.15) is 5.69 Å². The van der Waals surface area contributed by atoms with Gasteiger partial charge in [-0.2, -0.15) is 5.10 Å². The van der Waals surface area contributed by atoms with Gasteiger partial charge in [-0.15, -0.1) is 0 Å². The van der Waals surface area contributed by atoms with E-state index in [1.54, 1.807) is 17.9 Å². The molecular weight excluding hydrogens is 252 g/mol. The summed E-state index contributed by atoms with van der Waals surface area (Å²) in [5.41, 5.74) is 7.34. The minimum absolute atomic E-state index is 0.225. The maximum atomic E-state index is 12.0. The Bertz CT molecular complexity index is 456. The van der Waals surface area contributed by atoms with E-state index in [1.165, 1.54) is 0 Å². The van der Waals surface area contributed by atoms with E-state index in [-0.39, 0.29) is 5.91 Å². The van der Waals surface area contributed by atoms with Gasteiger partial charge >= 0.3 is 0 Å². The SMILES string of the molecule is CCn1nc(C)c(N)c1C(=O)NCCCS(C)=O. The Labute approximate surface area is 109 Å². The van der Waals surface area contributed by atoms with Crippen LogP contribution in [0.25, 0.3) is 0 Å². The lowest BCUT2D eigenvalue weighted by Gasteiger charge is -2.07. The first-order valence-corrected chi connectivity index (χ1v) is 7.61. The molecule has 0 radical (unpaired) electrons. The lowest BCUT2D eigenvalue weighted by atomic mass is 10.3. The minimum atomic E-state index is -0.825. The number of nitrogens with one attached hydrogen (secondary N) is 1. The van der Waals surface area contributed by atoms with Crippen molar-refractivity contribution in [3.63, 3.8) is 0 Å². The number of amides is 1. The average molecular weight is 272 g/mol. The van der Waals surface area contributed by atoms with Crippen LogP contribution in [0.5, 0.6) is 0 Å². The van der Waals surface area contributed by atoms with Gasteiger partial charge in [-0.05, 0) is 20.3 Å². The van der Waals surface area contributed by atoms with Gasteiger partial charge in [0.15, 0.2) is 0 Å². The summed E-state index contributed by atoms with van der Waals surface area (Å²) >= 11 is 0. The quantitative estimate of drug-likeness (QED) is 0.728. The number of nitrogen functional groups attached to an aromatic ring is 1. The zero-order valence-corrected chi connectivity index (χ0v) is 11.8. The Morgan fingerprint density at radius 3 is 2.78 bits per heavy atom. The van der Waals surface area contributed by atoms with Crippen LogP contribution in [0.15, 0.2) is 0 Å². The number of anilines is 1. The van der Waals surface area contributed by atoms with Crippen molar-refractivity contribution in [1.29, 1.82) is 0 Å². The molecule has 0 saturated heterocycles. The summed E-state index contributed by atoms with van der Waals surface area (Å²) in [6.45, 7) is 4.77. The molecule has 1 atom stereocenters. The smallest absolute Gasteiger partial charge is 0.271 e. The van der Waals surface area contributed by atoms with Crippen molar-refractivity contribution < 1.29 is 9.00 Å². The standard InChI is InChI=1S/C11H20N4O2S/c1-4-15-10(9(12)8(2)14-15)11(16)13-6-5-7-18(3)17/h4-7,12H2,1-3H3,(H,13,16). The molecule has 1 heterocycles. The molecule has 1 rings (SSSR count). The summed E-state index contributed by atoms with van der Waals surface area (Å²) in [6, 6.07) is 0. The number of nitrogens with zero attached hydrogens (tertiary/aromatic N) is 2. The van der Waals surface area contributed by atoms with Gasteiger partial charge in [0, 0.05) is 35.9 Å². The minimum Gasteiger partial charge on any atom is -0.395 e. The molecule has 6 nitrogen and oxygen atoms in total. The second-order valence-corrected chi connectivity index (χ2v) is 5.60. The van der Waals surface area contributed by atoms with E-state index in [0.717, 1.165) is 0 Å². The van der Waals surface area contributed by atoms with Crippen molar-refractivity contribution in [2.75, 3.05) is 24.3 Å². The predicted octanol–water partition coefficient (Wildman–Crippen LogP) is 0.292. The van der Waals surface area contributed by atoms with Crippen molar-refractivity contribution in [2.45, 2.75) is 26.8 Å². The normalized spacial score (nSPS) is 12.4. The average Bonchev–Trinajstić information content (AvgIpc) is 2.60. The lowest BCUT2D eigenvalue weighted by molar-refractivity contribution is 0.0944. The van der Waals surface area contributed by atoms with E-state index in [0.29, 0.717) is 42.3 Å². The second-order valence-electron chi connectivity index (χ2n) is 4.05. The first-order valence-electron chi connectivity index (χ1n) is 5.88. The molecule has 0 aliphatic heterocycles. The van der Waals surface area contributed by atoms with Crippen LogP contribution < -0.4 is 11.1 Å². The predicted molar refractivity (Wildman–Crippen MR) is 72.9 cm³/mol. The molecule has 0 fully saturated rings. The summed E-state index contributed by atoms with van der Waals surface area (Å²) in [7, 11) is -0.825. The molecule has 0 bridgehead atoms. The van der Waals surface area contributed by atoms with E-state index >= 15 is 0 Å². The Kier molecular flexibility index (Phi) is 5.33. The van der Waals surface area contributed by atoms with Crippen molar-refractivity contribution in [3.8, 4) is 0 Å². The van der Waals surface area contributed by atoms with Crippen LogP contribution in [0.1, 0.15) is 29.5 Å². The molecule has 102 valence electrons. The number of nitrogens with two attached hydrogens (primary N) is 1. The number of aromatic nitrogens is 2. The van der Waals surface area contributed by atoms with Crippen LogP contribution in [0.4, 0.5) is 5.69 Å². The summed E-state index contributed by atoms with van der Waals surface area (Å²) in [5.74, 6) is 0.360. The van der Waals surface area contributed by atoms with Crippen LogP contribution in [0.3, 0.4) is 0 Å². The first-order chi connectivity index (χ1) is 8.47. The maximum absolute atomic E-state index is 12.0. The van der Waals surface area contributed by atoms with E-state index in [9.17, 15) is 9.00 Å². The largest absolute Gasteiger partial charge is 0.395 e. The van der Waals surface area contributed by atoms with Gasteiger partial charge in [-0.1, -0.05) is 0 Å². The second kappa shape index (κ2) is 6.53. The van der Waals surface area contributed by atoms with Gasteiger partial charge in [0.2, 0.25) is 0 Å². The molecular formula is C11H20N4O2S. The van der Waals surface area contributed by atoms with Gasteiger partial charge < -0.3 is 11.1 Å². The van der Waals surface area contributed by atoms with E-state index in [2.05, 4.69) is 10.4 Å². The number of hydrogen-bond donors (Lipinski definition) is 2. The zero-order valence-electron chi connectivity index (χ0n) is 11.0. The molecule has 1 aromatic heterocycles. The third-order valence-electron chi connectivity index (χ3n) is 2.58. The summed E-state index contributed by atoms with van der Waals surface area (Å²) in [5, 5.41) is 6.96. The van der Waals surface area contributed by atoms with Crippen LogP contribution in [0.2, 0.25) is 0 Å². The molecule has 0 saturated carbocycles. The number of carbonyl (C=O) groups excluding carboxylic acids is 1. The van der Waals surface area contributed by atoms with Crippen LogP contribution in [-0.4, -0.2) is 38.4 Å². The number of carbonyl (C=O) groups is 1. The summed E-state index contributed by atoms with van der Waals surface area (Å²) < 4.78 is 12.5. The molecule has 0 spiro atoms. The Balaban J connectivity index is 2.64. The van der Waals surface area contributed by atoms with Crippen molar-refractivity contribution in [1.82, 2.24) is 15.1 Å². The summed E-state index contributed by atoms with van der Waals surface area (Å²) in [6.07, 6.45) is 2.34. The third kappa shape index (κ3) is 3.56. The first kappa shape index (κ1) is 14.7. The van der Waals surface area contributed by atoms with Gasteiger partial charge in [-0.25, -0.2) is 0 Å². The highest BCUT2D eigenvalue weighted by Crippen LogP contribution is 2.15. The van der Waals surface area contributed by atoms with Crippen molar-refractivity contribution >= 4 is 22.4 Å². The monoisotopic (exact) mass is 272 g/mol. The number of hydrogen-bond acceptors (Lipinski definition) is 4. The highest BCUT2D eigenvalue weighted by atomic mass is 32.2. The van der Waals surface area contributed by atoms with Crippen molar-refractivity contribution in [2.24, 2.45) is 0 Å². The molecule has 1 aromatic rings. The topological polar surface area (TPSA) is 90.0 Å². The van der Waals surface area contributed by atoms with E-state index in [4.69, 9.17) is 5.73 Å². The molecule has 0 aliphatic carbocycles. The van der Waals surface area contributed by atoms with E-state index in [1.807, 2.05) is 6.92 Å². The fourth-order valence-electron chi connectivity index (χ4n) is 1.62. The zero-order chi connectivity index (χ0) is 13.7. The molecule has 1 unspecified atom stereocenters. The number of rotatable bonds is 6. The fraction of sp³-hybridized carbons (Fsp3) is 0.636. The molecule has 3 N–H and O–H groups in total. The van der Waals surface area contributed by atoms with Gasteiger partial charge in [-0.3, -0.25) is 13.7 Å². The molecule has 0 aromatic carbocycles. The molecule has 0 aliphatic rings. The van der Waals surface area contributed by atoms with E-state index < -0.39 is 10.8 Å². The fourth-order valence-corrected chi connectivity index (χ4v) is 2.18. The third-order valence-corrected chi connectivity index (χ3v) is 3.45. The molecule has 18 heavy (non-hydrogen) atoms. The summed E-state index contributed by atoms with van der Waals surface area (Å²) in [4.78, 5) is 12.0. The van der Waals surface area contributed by atoms with Gasteiger partial charge in [0.25, 0.3) is 5.91 Å². The van der Waals surface area contributed by atoms with Crippen molar-refractivity contribution in [3.05, 3.63) is 11.4 Å².